The van der Waals surface area contributed by atoms with Gasteiger partial charge >= 0.3 is 0 Å². The summed E-state index contributed by atoms with van der Waals surface area (Å²) in [5.74, 6) is -5.83. The van der Waals surface area contributed by atoms with Crippen LogP contribution < -0.4 is 11.1 Å². The Hall–Kier alpha value is -3.89. The third-order valence-electron chi connectivity index (χ3n) is 8.82. The Labute approximate surface area is 224 Å². The number of primary amides is 1. The Bertz CT molecular complexity index is 1540. The highest BCUT2D eigenvalue weighted by atomic mass is 16.3. The number of rotatable bonds is 5. The van der Waals surface area contributed by atoms with Crippen molar-refractivity contribution in [2.24, 2.45) is 23.5 Å². The molecule has 0 aromatic heterocycles. The minimum Gasteiger partial charge on any atom is -0.508 e. The van der Waals surface area contributed by atoms with Crippen molar-refractivity contribution in [1.29, 1.82) is 0 Å². The lowest BCUT2D eigenvalue weighted by Crippen LogP contribution is -2.65. The van der Waals surface area contributed by atoms with Gasteiger partial charge < -0.3 is 31.5 Å². The summed E-state index contributed by atoms with van der Waals surface area (Å²) < 4.78 is 0. The van der Waals surface area contributed by atoms with E-state index in [-0.39, 0.29) is 29.7 Å². The van der Waals surface area contributed by atoms with Crippen molar-refractivity contribution in [2.75, 3.05) is 26.0 Å². The van der Waals surface area contributed by atoms with Crippen LogP contribution in [0.1, 0.15) is 30.4 Å². The number of phenols is 1. The summed E-state index contributed by atoms with van der Waals surface area (Å²) in [5.41, 5.74) is 3.30. The number of phenolic OH excluding ortho intramolecular Hbond substituents is 1. The fourth-order valence-electron chi connectivity index (χ4n) is 6.70. The number of aliphatic hydroxyl groups is 3. The third kappa shape index (κ3) is 3.58. The molecule has 0 unspecified atom stereocenters. The minimum absolute atomic E-state index is 0.0641. The zero-order valence-electron chi connectivity index (χ0n) is 21.7. The molecule has 7 N–H and O–H groups in total. The van der Waals surface area contributed by atoms with Crippen molar-refractivity contribution in [3.05, 3.63) is 52.3 Å². The molecule has 4 aliphatic carbocycles. The number of likely N-dealkylation sites (N-methyl/N-ethyl adjacent to an activating group) is 1. The van der Waals surface area contributed by atoms with E-state index in [2.05, 4.69) is 5.32 Å². The van der Waals surface area contributed by atoms with Crippen LogP contribution in [0.4, 0.5) is 5.69 Å². The molecule has 1 amide bonds. The molecule has 39 heavy (non-hydrogen) atoms. The minimum atomic E-state index is -2.64. The van der Waals surface area contributed by atoms with Crippen LogP contribution >= 0.6 is 0 Å². The number of carbonyl (C=O) groups is 3. The summed E-state index contributed by atoms with van der Waals surface area (Å²) in [5, 5.41) is 50.0. The first-order valence-corrected chi connectivity index (χ1v) is 13.1. The number of ketones is 2. The lowest BCUT2D eigenvalue weighted by atomic mass is 9.57. The quantitative estimate of drug-likeness (QED) is 0.314. The predicted octanol–water partition coefficient (Wildman–Crippen LogP) is 1.94. The number of nitrogens with one attached hydrogen (secondary N) is 1. The third-order valence-corrected chi connectivity index (χ3v) is 8.82. The maximum absolute atomic E-state index is 13.9. The van der Waals surface area contributed by atoms with Crippen molar-refractivity contribution in [1.82, 2.24) is 4.90 Å². The number of nitrogens with zero attached hydrogens (tertiary/aromatic N) is 1. The number of aromatic hydroxyl groups is 1. The summed E-state index contributed by atoms with van der Waals surface area (Å²) in [6, 6.07) is 6.39. The van der Waals surface area contributed by atoms with Gasteiger partial charge in [0.25, 0.3) is 5.91 Å². The highest BCUT2D eigenvalue weighted by molar-refractivity contribution is 6.24. The molecule has 2 saturated carbocycles. The van der Waals surface area contributed by atoms with E-state index in [9.17, 15) is 34.8 Å². The molecule has 0 radical (unpaired) electrons. The Balaban J connectivity index is 1.49. The highest BCUT2D eigenvalue weighted by Crippen LogP contribution is 2.53. The first-order valence-electron chi connectivity index (χ1n) is 13.1. The van der Waals surface area contributed by atoms with E-state index < -0.39 is 58.0 Å². The van der Waals surface area contributed by atoms with Crippen molar-refractivity contribution in [3.8, 4) is 5.75 Å². The number of benzene rings is 2. The van der Waals surface area contributed by atoms with Crippen molar-refractivity contribution < 1.29 is 34.8 Å². The molecule has 6 rings (SSSR count). The van der Waals surface area contributed by atoms with Gasteiger partial charge in [0.2, 0.25) is 5.78 Å². The summed E-state index contributed by atoms with van der Waals surface area (Å²) in [6.45, 7) is 0.836. The molecule has 10 nitrogen and oxygen atoms in total. The van der Waals surface area contributed by atoms with E-state index in [1.54, 1.807) is 20.2 Å². The van der Waals surface area contributed by atoms with Gasteiger partial charge in [0, 0.05) is 29.1 Å². The monoisotopic (exact) mass is 533 g/mol. The molecule has 4 aliphatic rings. The zero-order chi connectivity index (χ0) is 28.0. The summed E-state index contributed by atoms with van der Waals surface area (Å²) >= 11 is 0. The number of hydrogen-bond acceptors (Lipinski definition) is 9. The molecule has 0 heterocycles. The number of anilines is 1. The van der Waals surface area contributed by atoms with Crippen molar-refractivity contribution in [2.45, 2.75) is 37.3 Å². The number of carbonyl (C=O) groups excluding carboxylic acids is 3. The second kappa shape index (κ2) is 8.56. The van der Waals surface area contributed by atoms with Gasteiger partial charge in [0.1, 0.15) is 22.8 Å². The van der Waals surface area contributed by atoms with Crippen LogP contribution in [-0.4, -0.2) is 75.1 Å². The van der Waals surface area contributed by atoms with Gasteiger partial charge in [-0.25, -0.2) is 0 Å². The average Bonchev–Trinajstić information content (AvgIpc) is 3.69. The van der Waals surface area contributed by atoms with Gasteiger partial charge in [-0.15, -0.1) is 0 Å². The molecule has 0 spiro atoms. The number of amides is 1. The number of aliphatic hydroxyl groups excluding tert-OH is 2. The molecule has 2 aromatic rings. The van der Waals surface area contributed by atoms with Gasteiger partial charge in [-0.3, -0.25) is 19.3 Å². The molecule has 4 atom stereocenters. The number of nitrogens with two attached hydrogens (primary N) is 1. The smallest absolute Gasteiger partial charge is 0.255 e. The van der Waals surface area contributed by atoms with Gasteiger partial charge in [-0.1, -0.05) is 12.1 Å². The fraction of sp³-hybridized carbons (Fsp3) is 0.414. The lowest BCUT2D eigenvalue weighted by Gasteiger charge is -2.50. The zero-order valence-corrected chi connectivity index (χ0v) is 21.7. The summed E-state index contributed by atoms with van der Waals surface area (Å²) in [7, 11) is 3.15. The van der Waals surface area contributed by atoms with Crippen LogP contribution in [0.3, 0.4) is 0 Å². The average molecular weight is 534 g/mol. The second-order valence-electron chi connectivity index (χ2n) is 11.5. The highest BCUT2D eigenvalue weighted by Gasteiger charge is 2.64. The van der Waals surface area contributed by atoms with E-state index in [4.69, 9.17) is 5.73 Å². The van der Waals surface area contributed by atoms with Crippen LogP contribution in [0, 0.1) is 17.8 Å². The van der Waals surface area contributed by atoms with Gasteiger partial charge in [0.05, 0.1) is 11.6 Å². The lowest BCUT2D eigenvalue weighted by molar-refractivity contribution is -0.153. The van der Waals surface area contributed by atoms with E-state index >= 15 is 0 Å². The van der Waals surface area contributed by atoms with E-state index in [0.29, 0.717) is 16.9 Å². The van der Waals surface area contributed by atoms with Gasteiger partial charge in [-0.2, -0.15) is 0 Å². The van der Waals surface area contributed by atoms with Crippen LogP contribution in [0.25, 0.3) is 16.5 Å². The van der Waals surface area contributed by atoms with E-state index in [1.165, 1.54) is 17.7 Å². The molecule has 2 fully saturated rings. The summed E-state index contributed by atoms with van der Waals surface area (Å²) in [6.07, 6.45) is 2.71. The largest absolute Gasteiger partial charge is 0.508 e. The topological polar surface area (TPSA) is 173 Å². The number of Topliss-reactive ketones (excluding diaryl/α,β-unsaturated/α-hetero) is 2. The molecule has 0 aliphatic heterocycles. The van der Waals surface area contributed by atoms with Crippen LogP contribution in [0.5, 0.6) is 5.75 Å². The molecular weight excluding hydrogens is 502 g/mol. The Morgan fingerprint density at radius 2 is 1.87 bits per heavy atom. The predicted molar refractivity (Wildman–Crippen MR) is 143 cm³/mol. The molecule has 0 bridgehead atoms. The van der Waals surface area contributed by atoms with Crippen LogP contribution in [0.15, 0.2) is 41.2 Å². The fourth-order valence-corrected chi connectivity index (χ4v) is 6.70. The maximum Gasteiger partial charge on any atom is 0.255 e. The second-order valence-corrected chi connectivity index (χ2v) is 11.5. The molecular formula is C29H31N3O7. The van der Waals surface area contributed by atoms with E-state index in [0.717, 1.165) is 17.6 Å². The maximum atomic E-state index is 13.9. The SMILES string of the molecule is CN(C)[C@@H]1C(=O)C(C(N)=O)=C(O)[C@@]2(O)C(=O)C3=C(O)c4c(cc5ccc(NCC6CC6)cc5c4O)C[C@H]3C[C@@H]12. The van der Waals surface area contributed by atoms with E-state index in [1.807, 2.05) is 18.2 Å². The van der Waals surface area contributed by atoms with Crippen LogP contribution in [0.2, 0.25) is 0 Å². The molecule has 10 heteroatoms. The van der Waals surface area contributed by atoms with Crippen molar-refractivity contribution >= 4 is 39.7 Å². The molecule has 0 saturated heterocycles. The normalized spacial score (nSPS) is 28.5. The number of fused-ring (bicyclic) bond motifs is 4. The molecule has 2 aromatic carbocycles. The molecule has 204 valence electrons. The number of hydrogen-bond donors (Lipinski definition) is 6. The first-order chi connectivity index (χ1) is 18.4. The Kier molecular flexibility index (Phi) is 5.57. The van der Waals surface area contributed by atoms with Crippen LogP contribution in [-0.2, 0) is 20.8 Å². The Morgan fingerprint density at radius 3 is 2.51 bits per heavy atom. The van der Waals surface area contributed by atoms with Crippen molar-refractivity contribution in [3.63, 3.8) is 0 Å². The standard InChI is InChI=1S/C29H31N3O7/c1-32(2)22-18-9-15-8-14-7-13-5-6-16(31-11-12-3-4-12)10-17(13)23(33)19(14)24(34)20(15)26(36)29(18,39)27(37)21(25(22)35)28(30)38/h5-7,10,12,15,18,22,31,33-34,37,39H,3-4,8-9,11H2,1-2H3,(H2,30,38)/t15-,18-,22-,29-/m0/s1. The Morgan fingerprint density at radius 1 is 1.15 bits per heavy atom. The van der Waals surface area contributed by atoms with Gasteiger partial charge in [0.15, 0.2) is 11.4 Å². The summed E-state index contributed by atoms with van der Waals surface area (Å²) in [4.78, 5) is 40.7. The van der Waals surface area contributed by atoms with Gasteiger partial charge in [-0.05, 0) is 74.7 Å². The first kappa shape index (κ1) is 25.4.